The van der Waals surface area contributed by atoms with Crippen molar-refractivity contribution in [2.45, 2.75) is 6.92 Å². The van der Waals surface area contributed by atoms with Gasteiger partial charge in [-0.3, -0.25) is 9.36 Å². The van der Waals surface area contributed by atoms with E-state index in [0.29, 0.717) is 22.3 Å². The third-order valence-corrected chi connectivity index (χ3v) is 4.34. The first-order chi connectivity index (χ1) is 13.1. The Kier molecular flexibility index (Phi) is 4.38. The summed E-state index contributed by atoms with van der Waals surface area (Å²) in [6, 6.07) is 21.3. The largest absolute Gasteiger partial charge is 0.268 e. The molecule has 27 heavy (non-hydrogen) atoms. The van der Waals surface area contributed by atoms with Crippen LogP contribution in [0.1, 0.15) is 17.0 Å². The maximum absolute atomic E-state index is 13.4. The minimum absolute atomic E-state index is 0.134. The van der Waals surface area contributed by atoms with Crippen LogP contribution in [0.5, 0.6) is 0 Å². The van der Waals surface area contributed by atoms with Crippen molar-refractivity contribution in [3.8, 4) is 5.69 Å². The summed E-state index contributed by atoms with van der Waals surface area (Å²) in [5, 5.41) is 0.557. The fourth-order valence-corrected chi connectivity index (χ4v) is 3.06. The number of benzene rings is 3. The number of aryl methyl sites for hydroxylation is 1. The topological polar surface area (TPSA) is 34.9 Å². The molecule has 0 bridgehead atoms. The monoisotopic (exact) mass is 356 g/mol. The maximum atomic E-state index is 13.4. The SMILES string of the molecule is Cc1cccc(-n2c(C=Cc3cccc(F)c3)nc3ccccc3c2=O)c1. The molecule has 3 aromatic carbocycles. The highest BCUT2D eigenvalue weighted by Gasteiger charge is 2.11. The summed E-state index contributed by atoms with van der Waals surface area (Å²) >= 11 is 0. The fraction of sp³-hybridized carbons (Fsp3) is 0.0435. The van der Waals surface area contributed by atoms with E-state index in [0.717, 1.165) is 11.3 Å². The van der Waals surface area contributed by atoms with Crippen LogP contribution in [0.15, 0.2) is 77.6 Å². The first-order valence-electron chi connectivity index (χ1n) is 8.64. The standard InChI is InChI=1S/C23H17FN2O/c1-16-6-4-9-19(14-16)26-22(13-12-17-7-5-8-18(24)15-17)25-21-11-3-2-10-20(21)23(26)27/h2-15H,1H3. The second-order valence-corrected chi connectivity index (χ2v) is 6.36. The van der Waals surface area contributed by atoms with Crippen molar-refractivity contribution in [3.63, 3.8) is 0 Å². The number of aromatic nitrogens is 2. The highest BCUT2D eigenvalue weighted by atomic mass is 19.1. The molecule has 0 aliphatic rings. The quantitative estimate of drug-likeness (QED) is 0.517. The van der Waals surface area contributed by atoms with Gasteiger partial charge < -0.3 is 0 Å². The molecule has 0 aliphatic carbocycles. The Morgan fingerprint density at radius 3 is 2.56 bits per heavy atom. The molecule has 0 radical (unpaired) electrons. The van der Waals surface area contributed by atoms with Crippen LogP contribution in [0.25, 0.3) is 28.7 Å². The molecule has 0 spiro atoms. The van der Waals surface area contributed by atoms with Gasteiger partial charge in [0.25, 0.3) is 5.56 Å². The molecule has 0 amide bonds. The number of rotatable bonds is 3. The molecule has 132 valence electrons. The van der Waals surface area contributed by atoms with E-state index in [4.69, 9.17) is 0 Å². The molecule has 0 fully saturated rings. The molecule has 0 atom stereocenters. The predicted molar refractivity (Wildman–Crippen MR) is 107 cm³/mol. The number of nitrogens with zero attached hydrogens (tertiary/aromatic N) is 2. The van der Waals surface area contributed by atoms with E-state index in [1.807, 2.05) is 49.4 Å². The average Bonchev–Trinajstić information content (AvgIpc) is 2.66. The number of halogens is 1. The second kappa shape index (κ2) is 7.00. The molecule has 1 aromatic heterocycles. The molecule has 0 saturated heterocycles. The Hall–Kier alpha value is -3.53. The molecule has 1 heterocycles. The van der Waals surface area contributed by atoms with Crippen LogP contribution in [0.2, 0.25) is 0 Å². The highest BCUT2D eigenvalue weighted by Crippen LogP contribution is 2.16. The van der Waals surface area contributed by atoms with Crippen LogP contribution >= 0.6 is 0 Å². The van der Waals surface area contributed by atoms with Crippen LogP contribution in [0, 0.1) is 12.7 Å². The van der Waals surface area contributed by atoms with Gasteiger partial charge in [0.05, 0.1) is 16.6 Å². The first-order valence-corrected chi connectivity index (χ1v) is 8.64. The van der Waals surface area contributed by atoms with E-state index in [1.54, 1.807) is 34.9 Å². The van der Waals surface area contributed by atoms with Gasteiger partial charge in [0.2, 0.25) is 0 Å². The van der Waals surface area contributed by atoms with Crippen molar-refractivity contribution in [2.24, 2.45) is 0 Å². The van der Waals surface area contributed by atoms with Crippen molar-refractivity contribution < 1.29 is 4.39 Å². The van der Waals surface area contributed by atoms with Crippen LogP contribution in [0.3, 0.4) is 0 Å². The smallest absolute Gasteiger partial charge is 0.266 e. The van der Waals surface area contributed by atoms with Gasteiger partial charge in [-0.05, 0) is 60.5 Å². The van der Waals surface area contributed by atoms with Crippen LogP contribution < -0.4 is 5.56 Å². The summed E-state index contributed by atoms with van der Waals surface area (Å²) in [4.78, 5) is 17.8. The summed E-state index contributed by atoms with van der Waals surface area (Å²) in [6.07, 6.45) is 3.50. The zero-order chi connectivity index (χ0) is 18.8. The third kappa shape index (κ3) is 3.42. The third-order valence-electron chi connectivity index (χ3n) is 4.34. The normalized spacial score (nSPS) is 11.3. The van der Waals surface area contributed by atoms with Crippen molar-refractivity contribution in [1.29, 1.82) is 0 Å². The summed E-state index contributed by atoms with van der Waals surface area (Å²) in [5.74, 6) is 0.188. The van der Waals surface area contributed by atoms with Gasteiger partial charge in [0.1, 0.15) is 11.6 Å². The number of hydrogen-bond acceptors (Lipinski definition) is 2. The Balaban J connectivity index is 1.95. The minimum Gasteiger partial charge on any atom is -0.268 e. The van der Waals surface area contributed by atoms with Gasteiger partial charge in [-0.1, -0.05) is 42.5 Å². The van der Waals surface area contributed by atoms with Gasteiger partial charge in [-0.25, -0.2) is 9.37 Å². The van der Waals surface area contributed by atoms with Gasteiger partial charge in [0, 0.05) is 0 Å². The molecular formula is C23H17FN2O. The van der Waals surface area contributed by atoms with Gasteiger partial charge >= 0.3 is 0 Å². The summed E-state index contributed by atoms with van der Waals surface area (Å²) in [7, 11) is 0. The summed E-state index contributed by atoms with van der Waals surface area (Å²) in [5.41, 5.74) is 2.99. The lowest BCUT2D eigenvalue weighted by Gasteiger charge is -2.12. The molecule has 0 unspecified atom stereocenters. The van der Waals surface area contributed by atoms with Gasteiger partial charge in [-0.2, -0.15) is 0 Å². The lowest BCUT2D eigenvalue weighted by atomic mass is 10.2. The van der Waals surface area contributed by atoms with E-state index in [-0.39, 0.29) is 11.4 Å². The molecule has 4 heteroatoms. The molecule has 4 aromatic rings. The number of fused-ring (bicyclic) bond motifs is 1. The number of hydrogen-bond donors (Lipinski definition) is 0. The Labute approximate surface area is 156 Å². The highest BCUT2D eigenvalue weighted by molar-refractivity contribution is 5.80. The fourth-order valence-electron chi connectivity index (χ4n) is 3.06. The van der Waals surface area contributed by atoms with Crippen molar-refractivity contribution in [2.75, 3.05) is 0 Å². The summed E-state index contributed by atoms with van der Waals surface area (Å²) < 4.78 is 15.0. The molecule has 0 saturated carbocycles. The van der Waals surface area contributed by atoms with E-state index >= 15 is 0 Å². The maximum Gasteiger partial charge on any atom is 0.266 e. The lowest BCUT2D eigenvalue weighted by molar-refractivity contribution is 0.627. The minimum atomic E-state index is -0.306. The van der Waals surface area contributed by atoms with E-state index in [9.17, 15) is 9.18 Å². The Bertz CT molecular complexity index is 1220. The molecule has 0 N–H and O–H groups in total. The van der Waals surface area contributed by atoms with Gasteiger partial charge in [-0.15, -0.1) is 0 Å². The first kappa shape index (κ1) is 16.9. The molecule has 4 rings (SSSR count). The van der Waals surface area contributed by atoms with E-state index < -0.39 is 0 Å². The van der Waals surface area contributed by atoms with Crippen LogP contribution in [0.4, 0.5) is 4.39 Å². The Morgan fingerprint density at radius 2 is 1.74 bits per heavy atom. The van der Waals surface area contributed by atoms with Crippen LogP contribution in [-0.2, 0) is 0 Å². The Morgan fingerprint density at radius 1 is 0.926 bits per heavy atom. The van der Waals surface area contributed by atoms with E-state index in [2.05, 4.69) is 4.98 Å². The van der Waals surface area contributed by atoms with Crippen LogP contribution in [-0.4, -0.2) is 9.55 Å². The van der Waals surface area contributed by atoms with Gasteiger partial charge in [0.15, 0.2) is 0 Å². The molecule has 0 aliphatic heterocycles. The van der Waals surface area contributed by atoms with E-state index in [1.165, 1.54) is 12.1 Å². The lowest BCUT2D eigenvalue weighted by Crippen LogP contribution is -2.22. The van der Waals surface area contributed by atoms with Crippen molar-refractivity contribution >= 4 is 23.1 Å². The number of para-hydroxylation sites is 1. The predicted octanol–water partition coefficient (Wildman–Crippen LogP) is 5.00. The zero-order valence-corrected chi connectivity index (χ0v) is 14.8. The molecule has 3 nitrogen and oxygen atoms in total. The van der Waals surface area contributed by atoms with Crippen molar-refractivity contribution in [3.05, 3.63) is 106 Å². The molecular weight excluding hydrogens is 339 g/mol. The second-order valence-electron chi connectivity index (χ2n) is 6.36. The zero-order valence-electron chi connectivity index (χ0n) is 14.8. The van der Waals surface area contributed by atoms with Crippen molar-refractivity contribution in [1.82, 2.24) is 9.55 Å². The average molecular weight is 356 g/mol. The summed E-state index contributed by atoms with van der Waals surface area (Å²) in [6.45, 7) is 1.98.